The average molecular weight is 299 g/mol. The van der Waals surface area contributed by atoms with Gasteiger partial charge in [-0.1, -0.05) is 23.8 Å². The maximum Gasteiger partial charge on any atom is 0.338 e. The van der Waals surface area contributed by atoms with Gasteiger partial charge in [0.05, 0.1) is 12.7 Å². The van der Waals surface area contributed by atoms with Crippen LogP contribution in [0.25, 0.3) is 11.1 Å². The van der Waals surface area contributed by atoms with Crippen molar-refractivity contribution in [2.24, 2.45) is 5.73 Å². The van der Waals surface area contributed by atoms with Gasteiger partial charge in [-0.3, -0.25) is 0 Å². The number of hydrogen-bond donors (Lipinski definition) is 1. The van der Waals surface area contributed by atoms with Gasteiger partial charge in [-0.05, 0) is 48.7 Å². The van der Waals surface area contributed by atoms with E-state index < -0.39 is 0 Å². The fourth-order valence-electron chi connectivity index (χ4n) is 2.30. The van der Waals surface area contributed by atoms with E-state index in [1.807, 2.05) is 26.0 Å². The first-order valence-electron chi connectivity index (χ1n) is 7.19. The van der Waals surface area contributed by atoms with Crippen molar-refractivity contribution in [2.45, 2.75) is 13.8 Å². The van der Waals surface area contributed by atoms with Crippen LogP contribution in [0.15, 0.2) is 36.4 Å². The Labute approximate surface area is 130 Å². The van der Waals surface area contributed by atoms with Crippen molar-refractivity contribution in [1.29, 1.82) is 0 Å². The highest BCUT2D eigenvalue weighted by Gasteiger charge is 2.12. The van der Waals surface area contributed by atoms with E-state index in [4.69, 9.17) is 15.2 Å². The fraction of sp³-hybridized carbons (Fsp3) is 0.278. The van der Waals surface area contributed by atoms with Gasteiger partial charge >= 0.3 is 5.97 Å². The van der Waals surface area contributed by atoms with Crippen molar-refractivity contribution in [3.05, 3.63) is 53.1 Å². The summed E-state index contributed by atoms with van der Waals surface area (Å²) in [5, 5.41) is 0. The van der Waals surface area contributed by atoms with Crippen molar-refractivity contribution in [2.75, 3.05) is 20.3 Å². The van der Waals surface area contributed by atoms with Crippen molar-refractivity contribution in [3.63, 3.8) is 0 Å². The fourth-order valence-corrected chi connectivity index (χ4v) is 2.30. The standard InChI is InChI=1S/C18H21NO3/c1-12-4-5-13(2)17(8-12)14-9-15(18(20)21-3)11-16(10-14)22-7-6-19/h4-5,8-11H,6-7,19H2,1-3H3. The first kappa shape index (κ1) is 16.0. The van der Waals surface area contributed by atoms with Gasteiger partial charge in [0.2, 0.25) is 0 Å². The van der Waals surface area contributed by atoms with Gasteiger partial charge in [0, 0.05) is 6.54 Å². The zero-order valence-electron chi connectivity index (χ0n) is 13.2. The van der Waals surface area contributed by atoms with Crippen molar-refractivity contribution < 1.29 is 14.3 Å². The van der Waals surface area contributed by atoms with E-state index in [0.29, 0.717) is 24.5 Å². The Morgan fingerprint density at radius 1 is 1.14 bits per heavy atom. The highest BCUT2D eigenvalue weighted by molar-refractivity contribution is 5.92. The predicted octanol–water partition coefficient (Wildman–Crippen LogP) is 3.09. The minimum absolute atomic E-state index is 0.384. The van der Waals surface area contributed by atoms with Gasteiger partial charge in [0.15, 0.2) is 0 Å². The minimum Gasteiger partial charge on any atom is -0.492 e. The molecule has 0 aliphatic carbocycles. The molecule has 0 aliphatic rings. The number of carbonyl (C=O) groups is 1. The topological polar surface area (TPSA) is 61.5 Å². The maximum atomic E-state index is 11.9. The molecule has 22 heavy (non-hydrogen) atoms. The van der Waals surface area contributed by atoms with E-state index in [9.17, 15) is 4.79 Å². The lowest BCUT2D eigenvalue weighted by Crippen LogP contribution is -2.11. The Kier molecular flexibility index (Phi) is 5.17. The predicted molar refractivity (Wildman–Crippen MR) is 87.2 cm³/mol. The first-order chi connectivity index (χ1) is 10.5. The van der Waals surface area contributed by atoms with Crippen LogP contribution in [-0.2, 0) is 4.74 Å². The van der Waals surface area contributed by atoms with Crippen LogP contribution in [0.3, 0.4) is 0 Å². The summed E-state index contributed by atoms with van der Waals surface area (Å²) in [5.41, 5.74) is 10.2. The van der Waals surface area contributed by atoms with Crippen LogP contribution in [0.2, 0.25) is 0 Å². The third kappa shape index (κ3) is 3.65. The Bertz CT molecular complexity index is 680. The van der Waals surface area contributed by atoms with Crippen molar-refractivity contribution >= 4 is 5.97 Å². The second kappa shape index (κ2) is 7.09. The molecule has 0 atom stereocenters. The second-order valence-electron chi connectivity index (χ2n) is 5.19. The van der Waals surface area contributed by atoms with E-state index >= 15 is 0 Å². The maximum absolute atomic E-state index is 11.9. The number of ether oxygens (including phenoxy) is 2. The monoisotopic (exact) mass is 299 g/mol. The quantitative estimate of drug-likeness (QED) is 0.862. The van der Waals surface area contributed by atoms with Crippen LogP contribution in [0.4, 0.5) is 0 Å². The Hall–Kier alpha value is -2.33. The van der Waals surface area contributed by atoms with Gasteiger partial charge in [0.1, 0.15) is 12.4 Å². The number of benzene rings is 2. The van der Waals surface area contributed by atoms with Crippen LogP contribution >= 0.6 is 0 Å². The van der Waals surface area contributed by atoms with Gasteiger partial charge in [-0.2, -0.15) is 0 Å². The lowest BCUT2D eigenvalue weighted by Gasteiger charge is -2.12. The van der Waals surface area contributed by atoms with Crippen molar-refractivity contribution in [3.8, 4) is 16.9 Å². The molecule has 0 bridgehead atoms. The molecule has 2 aromatic rings. The Balaban J connectivity index is 2.53. The van der Waals surface area contributed by atoms with Crippen LogP contribution in [0.1, 0.15) is 21.5 Å². The minimum atomic E-state index is -0.384. The summed E-state index contributed by atoms with van der Waals surface area (Å²) >= 11 is 0. The molecule has 4 heteroatoms. The second-order valence-corrected chi connectivity index (χ2v) is 5.19. The van der Waals surface area contributed by atoms with Crippen LogP contribution in [0, 0.1) is 13.8 Å². The van der Waals surface area contributed by atoms with Gasteiger partial charge in [-0.15, -0.1) is 0 Å². The Morgan fingerprint density at radius 2 is 1.91 bits per heavy atom. The SMILES string of the molecule is COC(=O)c1cc(OCCN)cc(-c2cc(C)ccc2C)c1. The molecular weight excluding hydrogens is 278 g/mol. The Morgan fingerprint density at radius 3 is 2.59 bits per heavy atom. The average Bonchev–Trinajstić information content (AvgIpc) is 2.54. The largest absolute Gasteiger partial charge is 0.492 e. The summed E-state index contributed by atoms with van der Waals surface area (Å²) in [4.78, 5) is 11.9. The lowest BCUT2D eigenvalue weighted by atomic mass is 9.96. The zero-order chi connectivity index (χ0) is 16.1. The summed E-state index contributed by atoms with van der Waals surface area (Å²) in [6.07, 6.45) is 0. The molecule has 0 radical (unpaired) electrons. The number of carbonyl (C=O) groups excluding carboxylic acids is 1. The number of hydrogen-bond acceptors (Lipinski definition) is 4. The molecule has 0 heterocycles. The molecule has 2 aromatic carbocycles. The normalized spacial score (nSPS) is 10.4. The first-order valence-corrected chi connectivity index (χ1v) is 7.19. The van der Waals surface area contributed by atoms with Crippen molar-refractivity contribution in [1.82, 2.24) is 0 Å². The van der Waals surface area contributed by atoms with Gasteiger partial charge in [0.25, 0.3) is 0 Å². The summed E-state index contributed by atoms with van der Waals surface area (Å²) in [6, 6.07) is 11.6. The van der Waals surface area contributed by atoms with E-state index in [0.717, 1.165) is 22.3 Å². The van der Waals surface area contributed by atoms with Gasteiger partial charge in [-0.25, -0.2) is 4.79 Å². The van der Waals surface area contributed by atoms with Gasteiger partial charge < -0.3 is 15.2 Å². The number of nitrogens with two attached hydrogens (primary N) is 1. The van der Waals surface area contributed by atoms with E-state index in [-0.39, 0.29) is 5.97 Å². The number of rotatable bonds is 5. The molecule has 0 saturated carbocycles. The zero-order valence-corrected chi connectivity index (χ0v) is 13.2. The van der Waals surface area contributed by atoms with Crippen LogP contribution < -0.4 is 10.5 Å². The number of esters is 1. The molecule has 0 aromatic heterocycles. The third-order valence-electron chi connectivity index (χ3n) is 3.42. The van der Waals surface area contributed by atoms with E-state index in [2.05, 4.69) is 18.2 Å². The number of methoxy groups -OCH3 is 1. The van der Waals surface area contributed by atoms with Crippen LogP contribution in [0.5, 0.6) is 5.75 Å². The summed E-state index contributed by atoms with van der Waals surface area (Å²) in [6.45, 7) is 4.90. The molecular formula is C18H21NO3. The number of aryl methyl sites for hydroxylation is 2. The highest BCUT2D eigenvalue weighted by Crippen LogP contribution is 2.29. The molecule has 0 spiro atoms. The smallest absolute Gasteiger partial charge is 0.338 e. The molecule has 2 N–H and O–H groups in total. The molecule has 0 saturated heterocycles. The highest BCUT2D eigenvalue weighted by atomic mass is 16.5. The molecule has 0 amide bonds. The summed E-state index contributed by atoms with van der Waals surface area (Å²) in [7, 11) is 1.37. The van der Waals surface area contributed by atoms with E-state index in [1.165, 1.54) is 7.11 Å². The van der Waals surface area contributed by atoms with Crippen LogP contribution in [-0.4, -0.2) is 26.2 Å². The summed E-state index contributed by atoms with van der Waals surface area (Å²) < 4.78 is 10.4. The molecule has 116 valence electrons. The lowest BCUT2D eigenvalue weighted by molar-refractivity contribution is 0.0600. The molecule has 0 fully saturated rings. The van der Waals surface area contributed by atoms with E-state index in [1.54, 1.807) is 6.07 Å². The molecule has 0 unspecified atom stereocenters. The third-order valence-corrected chi connectivity index (χ3v) is 3.42. The molecule has 4 nitrogen and oxygen atoms in total. The molecule has 0 aliphatic heterocycles. The molecule has 2 rings (SSSR count). The summed E-state index contributed by atoms with van der Waals surface area (Å²) in [5.74, 6) is 0.231.